The Morgan fingerprint density at radius 1 is 1.23 bits per heavy atom. The van der Waals surface area contributed by atoms with Crippen molar-refractivity contribution < 1.29 is 9.53 Å². The molecule has 0 saturated carbocycles. The summed E-state index contributed by atoms with van der Waals surface area (Å²) in [5, 5.41) is 1.26. The number of aromatic amines is 1. The van der Waals surface area contributed by atoms with Crippen molar-refractivity contribution in [2.24, 2.45) is 0 Å². The molecule has 4 rings (SSSR count). The van der Waals surface area contributed by atoms with Crippen molar-refractivity contribution in [3.8, 4) is 0 Å². The van der Waals surface area contributed by atoms with Gasteiger partial charge in [-0.1, -0.05) is 24.3 Å². The van der Waals surface area contributed by atoms with Crippen molar-refractivity contribution in [3.05, 3.63) is 42.1 Å². The van der Waals surface area contributed by atoms with Crippen molar-refractivity contribution in [3.63, 3.8) is 0 Å². The van der Waals surface area contributed by atoms with Crippen molar-refractivity contribution in [1.29, 1.82) is 0 Å². The summed E-state index contributed by atoms with van der Waals surface area (Å²) in [6.07, 6.45) is 5.60. The van der Waals surface area contributed by atoms with Gasteiger partial charge in [0.2, 0.25) is 5.91 Å². The Balaban J connectivity index is 1.40. The quantitative estimate of drug-likeness (QED) is 0.923. The number of hydrogen-bond acceptors (Lipinski definition) is 3. The molecule has 0 spiro atoms. The van der Waals surface area contributed by atoms with E-state index in [4.69, 9.17) is 4.74 Å². The smallest absolute Gasteiger partial charge is 0.237 e. The van der Waals surface area contributed by atoms with Gasteiger partial charge >= 0.3 is 0 Å². The highest BCUT2D eigenvalue weighted by Gasteiger charge is 2.26. The zero-order chi connectivity index (χ0) is 18.1. The first-order chi connectivity index (χ1) is 12.6. The fraction of sp³-hybridized carbons (Fsp3) is 0.476. The van der Waals surface area contributed by atoms with Crippen LogP contribution in [0.25, 0.3) is 16.5 Å². The van der Waals surface area contributed by atoms with E-state index in [9.17, 15) is 4.79 Å². The molecule has 2 aliphatic heterocycles. The standard InChI is InChI=1S/C21H27N3O2/c1-15-12-23(13-16(2)26-15)14-21(25)24-9-7-17(8-10-24)19-11-22-20-6-4-3-5-18(19)20/h3-7,11,15-16,22H,8-10,12-14H2,1-2H3. The Hall–Kier alpha value is -2.11. The van der Waals surface area contributed by atoms with E-state index in [1.807, 2.05) is 11.0 Å². The van der Waals surface area contributed by atoms with Crippen LogP contribution >= 0.6 is 0 Å². The number of nitrogens with one attached hydrogen (secondary N) is 1. The summed E-state index contributed by atoms with van der Waals surface area (Å²) < 4.78 is 5.75. The van der Waals surface area contributed by atoms with Gasteiger partial charge in [-0.05, 0) is 31.9 Å². The summed E-state index contributed by atoms with van der Waals surface area (Å²) in [4.78, 5) is 20.2. The number of fused-ring (bicyclic) bond motifs is 1. The lowest BCUT2D eigenvalue weighted by Gasteiger charge is -2.36. The second-order valence-electron chi connectivity index (χ2n) is 7.52. The molecule has 5 nitrogen and oxygen atoms in total. The molecule has 2 atom stereocenters. The third kappa shape index (κ3) is 3.55. The molecule has 2 aromatic rings. The first-order valence-corrected chi connectivity index (χ1v) is 9.51. The summed E-state index contributed by atoms with van der Waals surface area (Å²) in [7, 11) is 0. The number of H-pyrrole nitrogens is 1. The number of nitrogens with zero attached hydrogens (tertiary/aromatic N) is 2. The Bertz CT molecular complexity index is 816. The monoisotopic (exact) mass is 353 g/mol. The predicted molar refractivity (Wildman–Crippen MR) is 104 cm³/mol. The normalized spacial score (nSPS) is 24.7. The van der Waals surface area contributed by atoms with Gasteiger partial charge in [0.1, 0.15) is 0 Å². The minimum absolute atomic E-state index is 0.196. The van der Waals surface area contributed by atoms with Crippen molar-refractivity contribution in [2.45, 2.75) is 32.5 Å². The molecule has 1 aromatic heterocycles. The number of hydrogen-bond donors (Lipinski definition) is 1. The molecule has 2 unspecified atom stereocenters. The number of morpholine rings is 1. The van der Waals surface area contributed by atoms with Crippen molar-refractivity contribution in [2.75, 3.05) is 32.7 Å². The highest BCUT2D eigenvalue weighted by molar-refractivity contribution is 5.93. The van der Waals surface area contributed by atoms with Crippen LogP contribution in [-0.4, -0.2) is 65.6 Å². The minimum Gasteiger partial charge on any atom is -0.373 e. The van der Waals surface area contributed by atoms with E-state index in [-0.39, 0.29) is 18.1 Å². The third-order valence-corrected chi connectivity index (χ3v) is 5.35. The van der Waals surface area contributed by atoms with E-state index in [2.05, 4.69) is 54.2 Å². The molecule has 1 amide bonds. The maximum absolute atomic E-state index is 12.7. The van der Waals surface area contributed by atoms with Crippen LogP contribution in [-0.2, 0) is 9.53 Å². The van der Waals surface area contributed by atoms with Crippen LogP contribution in [0.15, 0.2) is 36.5 Å². The summed E-state index contributed by atoms with van der Waals surface area (Å²) in [6.45, 7) is 7.80. The summed E-state index contributed by atoms with van der Waals surface area (Å²) >= 11 is 0. The lowest BCUT2D eigenvalue weighted by Crippen LogP contribution is -2.50. The lowest BCUT2D eigenvalue weighted by atomic mass is 9.99. The van der Waals surface area contributed by atoms with E-state index >= 15 is 0 Å². The van der Waals surface area contributed by atoms with E-state index < -0.39 is 0 Å². The van der Waals surface area contributed by atoms with E-state index in [0.717, 1.165) is 31.6 Å². The van der Waals surface area contributed by atoms with Gasteiger partial charge in [-0.15, -0.1) is 0 Å². The van der Waals surface area contributed by atoms with Gasteiger partial charge in [-0.25, -0.2) is 0 Å². The van der Waals surface area contributed by atoms with Crippen molar-refractivity contribution in [1.82, 2.24) is 14.8 Å². The van der Waals surface area contributed by atoms with Gasteiger partial charge in [-0.3, -0.25) is 9.69 Å². The summed E-state index contributed by atoms with van der Waals surface area (Å²) in [6, 6.07) is 8.37. The fourth-order valence-electron chi connectivity index (χ4n) is 4.18. The van der Waals surface area contributed by atoms with Crippen LogP contribution in [0.3, 0.4) is 0 Å². The Morgan fingerprint density at radius 2 is 2.00 bits per heavy atom. The molecular formula is C21H27N3O2. The largest absolute Gasteiger partial charge is 0.373 e. The topological polar surface area (TPSA) is 48.6 Å². The van der Waals surface area contributed by atoms with Crippen molar-refractivity contribution >= 4 is 22.4 Å². The molecule has 3 heterocycles. The Kier molecular flexibility index (Phi) is 4.83. The second-order valence-corrected chi connectivity index (χ2v) is 7.52. The lowest BCUT2D eigenvalue weighted by molar-refractivity contribution is -0.135. The Morgan fingerprint density at radius 3 is 2.73 bits per heavy atom. The zero-order valence-electron chi connectivity index (χ0n) is 15.6. The van der Waals surface area contributed by atoms with Gasteiger partial charge in [-0.2, -0.15) is 0 Å². The van der Waals surface area contributed by atoms with Gasteiger partial charge in [0.05, 0.1) is 18.8 Å². The van der Waals surface area contributed by atoms with E-state index in [1.165, 1.54) is 16.5 Å². The Labute approximate surface area is 154 Å². The fourth-order valence-corrected chi connectivity index (χ4v) is 4.18. The number of carbonyl (C=O) groups is 1. The second kappa shape index (κ2) is 7.25. The van der Waals surface area contributed by atoms with Crippen LogP contribution in [0.4, 0.5) is 0 Å². The molecular weight excluding hydrogens is 326 g/mol. The zero-order valence-corrected chi connectivity index (χ0v) is 15.6. The number of carbonyl (C=O) groups excluding carboxylic acids is 1. The molecule has 2 aliphatic rings. The van der Waals surface area contributed by atoms with Crippen LogP contribution in [0.5, 0.6) is 0 Å². The SMILES string of the molecule is CC1CN(CC(=O)N2CC=C(c3c[nH]c4ccccc34)CC2)CC(C)O1. The summed E-state index contributed by atoms with van der Waals surface area (Å²) in [5.74, 6) is 0.223. The summed E-state index contributed by atoms with van der Waals surface area (Å²) in [5.41, 5.74) is 3.76. The molecule has 0 aliphatic carbocycles. The number of para-hydroxylation sites is 1. The average molecular weight is 353 g/mol. The maximum Gasteiger partial charge on any atom is 0.237 e. The molecule has 5 heteroatoms. The van der Waals surface area contributed by atoms with Crippen LogP contribution in [0.2, 0.25) is 0 Å². The van der Waals surface area contributed by atoms with Crippen LogP contribution in [0, 0.1) is 0 Å². The van der Waals surface area contributed by atoms with Gasteiger partial charge < -0.3 is 14.6 Å². The first-order valence-electron chi connectivity index (χ1n) is 9.51. The number of ether oxygens (including phenoxy) is 1. The van der Waals surface area contributed by atoms with Gasteiger partial charge in [0, 0.05) is 48.8 Å². The van der Waals surface area contributed by atoms with Gasteiger partial charge in [0.15, 0.2) is 0 Å². The molecule has 138 valence electrons. The van der Waals surface area contributed by atoms with Crippen LogP contribution < -0.4 is 0 Å². The molecule has 26 heavy (non-hydrogen) atoms. The molecule has 0 radical (unpaired) electrons. The molecule has 1 aromatic carbocycles. The number of aromatic nitrogens is 1. The third-order valence-electron chi connectivity index (χ3n) is 5.35. The van der Waals surface area contributed by atoms with Gasteiger partial charge in [0.25, 0.3) is 0 Å². The van der Waals surface area contributed by atoms with E-state index in [1.54, 1.807) is 0 Å². The highest BCUT2D eigenvalue weighted by atomic mass is 16.5. The molecule has 1 N–H and O–H groups in total. The number of amides is 1. The first kappa shape index (κ1) is 17.3. The average Bonchev–Trinajstić information content (AvgIpc) is 3.05. The van der Waals surface area contributed by atoms with E-state index in [0.29, 0.717) is 13.1 Å². The highest BCUT2D eigenvalue weighted by Crippen LogP contribution is 2.29. The minimum atomic E-state index is 0.196. The molecule has 1 fully saturated rings. The maximum atomic E-state index is 12.7. The number of rotatable bonds is 3. The molecule has 0 bridgehead atoms. The number of benzene rings is 1. The molecule has 1 saturated heterocycles. The predicted octanol–water partition coefficient (Wildman–Crippen LogP) is 2.89. The van der Waals surface area contributed by atoms with Crippen LogP contribution in [0.1, 0.15) is 25.8 Å².